The maximum atomic E-state index is 13.7. The van der Waals surface area contributed by atoms with Gasteiger partial charge in [0.25, 0.3) is 0 Å². The number of hydrogen-bond donors (Lipinski definition) is 0. The van der Waals surface area contributed by atoms with E-state index < -0.39 is 9.84 Å². The van der Waals surface area contributed by atoms with Crippen molar-refractivity contribution in [3.8, 4) is 5.75 Å². The van der Waals surface area contributed by atoms with Gasteiger partial charge in [-0.15, -0.1) is 11.3 Å². The molecule has 2 aromatic rings. The summed E-state index contributed by atoms with van der Waals surface area (Å²) in [5.41, 5.74) is 1.10. The van der Waals surface area contributed by atoms with Gasteiger partial charge < -0.3 is 4.74 Å². The number of benzene rings is 1. The number of thiazole rings is 1. The molecule has 0 radical (unpaired) electrons. The topological polar surface area (TPSA) is 56.3 Å². The lowest BCUT2D eigenvalue weighted by molar-refractivity contribution is 0.286. The Balaban J connectivity index is 2.03. The fraction of sp³-hybridized carbons (Fsp3) is 0.308. The Hall–Kier alpha value is -1.47. The molecule has 1 heterocycles. The molecule has 0 amide bonds. The first-order valence-corrected chi connectivity index (χ1v) is 8.78. The van der Waals surface area contributed by atoms with E-state index in [0.717, 1.165) is 6.26 Å². The molecular formula is C13H14FNO3S2. The van der Waals surface area contributed by atoms with E-state index in [9.17, 15) is 12.8 Å². The van der Waals surface area contributed by atoms with Crippen molar-refractivity contribution in [1.29, 1.82) is 0 Å². The molecule has 0 fully saturated rings. The largest absolute Gasteiger partial charge is 0.484 e. The molecule has 0 aliphatic carbocycles. The molecule has 1 aromatic carbocycles. The standard InChI is InChI=1S/C13H14FNO3S2/c1-9-4-3-5-11(13(9)14)18-6-10-7-19-12(15-10)8-20(2,16)17/h3-5,7H,6,8H2,1-2H3. The average molecular weight is 315 g/mol. The number of aromatic nitrogens is 1. The van der Waals surface area contributed by atoms with Crippen LogP contribution in [0.3, 0.4) is 0 Å². The Morgan fingerprint density at radius 1 is 1.40 bits per heavy atom. The van der Waals surface area contributed by atoms with Crippen LogP contribution in [0.25, 0.3) is 0 Å². The molecule has 4 nitrogen and oxygen atoms in total. The molecule has 0 aliphatic rings. The minimum Gasteiger partial charge on any atom is -0.484 e. The molecule has 0 atom stereocenters. The van der Waals surface area contributed by atoms with Crippen LogP contribution in [0.2, 0.25) is 0 Å². The highest BCUT2D eigenvalue weighted by Crippen LogP contribution is 2.21. The second-order valence-electron chi connectivity index (χ2n) is 4.48. The number of aryl methyl sites for hydroxylation is 1. The van der Waals surface area contributed by atoms with Crippen molar-refractivity contribution in [2.45, 2.75) is 19.3 Å². The molecule has 0 saturated heterocycles. The van der Waals surface area contributed by atoms with Crippen LogP contribution < -0.4 is 4.74 Å². The fourth-order valence-corrected chi connectivity index (χ4v) is 3.58. The maximum Gasteiger partial charge on any atom is 0.167 e. The molecule has 7 heteroatoms. The molecule has 1 aromatic heterocycles. The SMILES string of the molecule is Cc1cccc(OCc2csc(CS(C)(=O)=O)n2)c1F. The van der Waals surface area contributed by atoms with Gasteiger partial charge in [-0.2, -0.15) is 0 Å². The lowest BCUT2D eigenvalue weighted by Crippen LogP contribution is -2.02. The zero-order chi connectivity index (χ0) is 14.8. The first kappa shape index (κ1) is 14.9. The predicted molar refractivity (Wildman–Crippen MR) is 76.1 cm³/mol. The van der Waals surface area contributed by atoms with Crippen LogP contribution in [0, 0.1) is 12.7 Å². The Kier molecular flexibility index (Phi) is 4.39. The summed E-state index contributed by atoms with van der Waals surface area (Å²) in [5.74, 6) is -0.307. The van der Waals surface area contributed by atoms with Gasteiger partial charge in [0.05, 0.1) is 5.69 Å². The van der Waals surface area contributed by atoms with E-state index in [4.69, 9.17) is 4.74 Å². The van der Waals surface area contributed by atoms with Gasteiger partial charge in [-0.1, -0.05) is 12.1 Å². The Morgan fingerprint density at radius 3 is 2.85 bits per heavy atom. The van der Waals surface area contributed by atoms with Crippen LogP contribution in [-0.2, 0) is 22.2 Å². The van der Waals surface area contributed by atoms with Gasteiger partial charge in [0.15, 0.2) is 21.4 Å². The number of sulfone groups is 1. The van der Waals surface area contributed by atoms with E-state index in [-0.39, 0.29) is 23.9 Å². The van der Waals surface area contributed by atoms with E-state index in [0.29, 0.717) is 16.3 Å². The van der Waals surface area contributed by atoms with Crippen LogP contribution in [0.4, 0.5) is 4.39 Å². The summed E-state index contributed by atoms with van der Waals surface area (Å²) in [6.45, 7) is 1.77. The zero-order valence-corrected chi connectivity index (χ0v) is 12.7. The van der Waals surface area contributed by atoms with Gasteiger partial charge in [0, 0.05) is 11.6 Å². The van der Waals surface area contributed by atoms with Gasteiger partial charge in [0.2, 0.25) is 0 Å². The second-order valence-corrected chi connectivity index (χ2v) is 7.56. The van der Waals surface area contributed by atoms with Crippen LogP contribution in [0.1, 0.15) is 16.3 Å². The summed E-state index contributed by atoms with van der Waals surface area (Å²) >= 11 is 1.25. The Labute approximate surface area is 121 Å². The van der Waals surface area contributed by atoms with Crippen LogP contribution in [0.5, 0.6) is 5.75 Å². The third kappa shape index (κ3) is 4.01. The van der Waals surface area contributed by atoms with Gasteiger partial charge in [0.1, 0.15) is 17.4 Å². The molecule has 0 saturated carbocycles. The number of rotatable bonds is 5. The van der Waals surface area contributed by atoms with Crippen molar-refractivity contribution >= 4 is 21.2 Å². The number of hydrogen-bond acceptors (Lipinski definition) is 5. The molecule has 0 N–H and O–H groups in total. The van der Waals surface area contributed by atoms with Crippen molar-refractivity contribution in [3.63, 3.8) is 0 Å². The third-order valence-corrected chi connectivity index (χ3v) is 4.40. The molecule has 0 bridgehead atoms. The Bertz CT molecular complexity index is 710. The number of halogens is 1. The molecular weight excluding hydrogens is 301 g/mol. The van der Waals surface area contributed by atoms with Gasteiger partial charge in [-0.25, -0.2) is 17.8 Å². The summed E-state index contributed by atoms with van der Waals surface area (Å²) in [5, 5.41) is 2.23. The lowest BCUT2D eigenvalue weighted by atomic mass is 10.2. The normalized spacial score (nSPS) is 11.6. The molecule has 0 unspecified atom stereocenters. The van der Waals surface area contributed by atoms with E-state index >= 15 is 0 Å². The average Bonchev–Trinajstić information content (AvgIpc) is 2.76. The summed E-state index contributed by atoms with van der Waals surface area (Å²) in [6.07, 6.45) is 1.16. The number of ether oxygens (including phenoxy) is 1. The highest BCUT2D eigenvalue weighted by atomic mass is 32.2. The fourth-order valence-electron chi connectivity index (χ4n) is 1.59. The van der Waals surface area contributed by atoms with Crippen molar-refractivity contribution in [1.82, 2.24) is 4.98 Å². The third-order valence-electron chi connectivity index (χ3n) is 2.52. The van der Waals surface area contributed by atoms with Gasteiger partial charge >= 0.3 is 0 Å². The minimum atomic E-state index is -3.10. The van der Waals surface area contributed by atoms with Crippen LogP contribution in [0.15, 0.2) is 23.6 Å². The minimum absolute atomic E-state index is 0.0868. The van der Waals surface area contributed by atoms with Crippen molar-refractivity contribution in [2.75, 3.05) is 6.26 Å². The highest BCUT2D eigenvalue weighted by molar-refractivity contribution is 7.90. The smallest absolute Gasteiger partial charge is 0.167 e. The van der Waals surface area contributed by atoms with E-state index in [2.05, 4.69) is 4.98 Å². The molecule has 108 valence electrons. The highest BCUT2D eigenvalue weighted by Gasteiger charge is 2.11. The number of nitrogens with zero attached hydrogens (tertiary/aromatic N) is 1. The molecule has 2 rings (SSSR count). The Morgan fingerprint density at radius 2 is 2.15 bits per heavy atom. The first-order valence-electron chi connectivity index (χ1n) is 5.84. The lowest BCUT2D eigenvalue weighted by Gasteiger charge is -2.06. The van der Waals surface area contributed by atoms with E-state index in [1.807, 2.05) is 0 Å². The second kappa shape index (κ2) is 5.88. The van der Waals surface area contributed by atoms with E-state index in [1.165, 1.54) is 11.3 Å². The summed E-state index contributed by atoms with van der Waals surface area (Å²) in [4.78, 5) is 4.15. The van der Waals surface area contributed by atoms with Gasteiger partial charge in [-0.3, -0.25) is 0 Å². The monoisotopic (exact) mass is 315 g/mol. The summed E-state index contributed by atoms with van der Waals surface area (Å²) in [7, 11) is -3.10. The predicted octanol–water partition coefficient (Wildman–Crippen LogP) is 2.71. The van der Waals surface area contributed by atoms with Gasteiger partial charge in [-0.05, 0) is 18.6 Å². The first-order chi connectivity index (χ1) is 9.35. The van der Waals surface area contributed by atoms with Crippen molar-refractivity contribution < 1.29 is 17.5 Å². The van der Waals surface area contributed by atoms with Crippen LogP contribution >= 0.6 is 11.3 Å². The van der Waals surface area contributed by atoms with E-state index in [1.54, 1.807) is 30.5 Å². The summed E-state index contributed by atoms with van der Waals surface area (Å²) < 4.78 is 41.4. The quantitative estimate of drug-likeness (QED) is 0.851. The molecule has 0 spiro atoms. The molecule has 0 aliphatic heterocycles. The maximum absolute atomic E-state index is 13.7. The zero-order valence-electron chi connectivity index (χ0n) is 11.1. The molecule has 20 heavy (non-hydrogen) atoms. The van der Waals surface area contributed by atoms with Crippen molar-refractivity contribution in [3.05, 3.63) is 45.7 Å². The van der Waals surface area contributed by atoms with Crippen LogP contribution in [-0.4, -0.2) is 19.7 Å². The van der Waals surface area contributed by atoms with Crippen molar-refractivity contribution in [2.24, 2.45) is 0 Å². The summed E-state index contributed by atoms with van der Waals surface area (Å²) in [6, 6.07) is 4.92.